The first-order chi connectivity index (χ1) is 19.1. The summed E-state index contributed by atoms with van der Waals surface area (Å²) in [6, 6.07) is 0. The Morgan fingerprint density at radius 3 is 0.744 bits per heavy atom. The Morgan fingerprint density at radius 1 is 0.308 bits per heavy atom. The van der Waals surface area contributed by atoms with Crippen LogP contribution in [0.5, 0.6) is 0 Å². The van der Waals surface area contributed by atoms with Gasteiger partial charge in [0.15, 0.2) is 0 Å². The molecule has 0 unspecified atom stereocenters. The van der Waals surface area contributed by atoms with E-state index in [1.807, 2.05) is 0 Å². The van der Waals surface area contributed by atoms with E-state index in [-0.39, 0.29) is 0 Å². The summed E-state index contributed by atoms with van der Waals surface area (Å²) in [5, 5.41) is 0. The van der Waals surface area contributed by atoms with Crippen LogP contribution in [0.2, 0.25) is 0 Å². The van der Waals surface area contributed by atoms with Gasteiger partial charge in [0, 0.05) is 0 Å². The molecular weight excluding hydrogens is 487 g/mol. The van der Waals surface area contributed by atoms with Crippen LogP contribution < -0.4 is 0 Å². The van der Waals surface area contributed by atoms with E-state index in [4.69, 9.17) is 0 Å². The Balaban J connectivity index is 3.42. The topological polar surface area (TPSA) is 0 Å². The molecule has 0 aliphatic carbocycles. The van der Waals surface area contributed by atoms with Crippen LogP contribution >= 0.6 is 7.26 Å². The zero-order chi connectivity index (χ0) is 28.5. The second kappa shape index (κ2) is 32.4. The average molecular weight is 565 g/mol. The van der Waals surface area contributed by atoms with Crippen molar-refractivity contribution < 1.29 is 0 Å². The van der Waals surface area contributed by atoms with Gasteiger partial charge < -0.3 is 0 Å². The normalized spacial score (nSPS) is 12.8. The third-order valence-electron chi connectivity index (χ3n) is 8.54. The number of allylic oxidation sites excluding steroid dienone is 2. The van der Waals surface area contributed by atoms with E-state index in [1.165, 1.54) is 193 Å². The average Bonchev–Trinajstić information content (AvgIpc) is 2.92. The van der Waals surface area contributed by atoms with Crippen molar-refractivity contribution in [2.75, 3.05) is 13.3 Å². The molecular formula is C38H77P. The van der Waals surface area contributed by atoms with Crippen molar-refractivity contribution in [3.63, 3.8) is 0 Å². The molecule has 0 saturated heterocycles. The summed E-state index contributed by atoms with van der Waals surface area (Å²) in [5.74, 6) is 5.16. The van der Waals surface area contributed by atoms with Gasteiger partial charge in [-0.15, -0.1) is 0 Å². The standard InChI is InChI=1S/C38H77P/c1-5-7-9-11-13-15-17-19-21-23-25-27-29-31-33-35-37-39(3,4)38-36-34-32-30-28-26-24-22-20-18-16-14-12-10-8-6-2/h35-39H,5-34H2,1-4H3. The second-order valence-corrected chi connectivity index (χ2v) is 17.7. The zero-order valence-corrected chi connectivity index (χ0v) is 29.0. The van der Waals surface area contributed by atoms with Gasteiger partial charge in [-0.25, -0.2) is 0 Å². The summed E-state index contributed by atoms with van der Waals surface area (Å²) in [4.78, 5) is 0. The van der Waals surface area contributed by atoms with Crippen LogP contribution in [0.25, 0.3) is 0 Å². The summed E-state index contributed by atoms with van der Waals surface area (Å²) in [6.07, 6.45) is 48.2. The molecule has 0 amide bonds. The number of hydrogen-bond donors (Lipinski definition) is 0. The van der Waals surface area contributed by atoms with Crippen LogP contribution in [0.15, 0.2) is 23.8 Å². The molecule has 0 N–H and O–H groups in total. The van der Waals surface area contributed by atoms with E-state index in [9.17, 15) is 0 Å². The summed E-state index contributed by atoms with van der Waals surface area (Å²) in [5.41, 5.74) is 0. The molecule has 0 aromatic heterocycles. The van der Waals surface area contributed by atoms with E-state index < -0.39 is 7.26 Å². The summed E-state index contributed by atoms with van der Waals surface area (Å²) in [7, 11) is -1.28. The molecule has 39 heavy (non-hydrogen) atoms. The van der Waals surface area contributed by atoms with Crippen molar-refractivity contribution in [1.82, 2.24) is 0 Å². The van der Waals surface area contributed by atoms with E-state index in [1.54, 1.807) is 0 Å². The predicted octanol–water partition coefficient (Wildman–Crippen LogP) is 14.8. The van der Waals surface area contributed by atoms with Gasteiger partial charge in [-0.3, -0.25) is 0 Å². The van der Waals surface area contributed by atoms with E-state index in [0.717, 1.165) is 0 Å². The van der Waals surface area contributed by atoms with Crippen molar-refractivity contribution in [2.24, 2.45) is 0 Å². The molecule has 0 aromatic rings. The van der Waals surface area contributed by atoms with Crippen molar-refractivity contribution in [3.8, 4) is 0 Å². The van der Waals surface area contributed by atoms with Gasteiger partial charge >= 0.3 is 173 Å². The Kier molecular flexibility index (Phi) is 32.4. The Hall–Kier alpha value is -0.0900. The minimum absolute atomic E-state index is 1.28. The van der Waals surface area contributed by atoms with Gasteiger partial charge in [0.05, 0.1) is 0 Å². The SMILES string of the molecule is CCCCCCCCCCCCCCCCC=C[PH](C)(C)C=CCCCCCCCCCCCCCCCC. The van der Waals surface area contributed by atoms with Gasteiger partial charge in [0.2, 0.25) is 0 Å². The number of rotatable bonds is 32. The molecule has 234 valence electrons. The predicted molar refractivity (Wildman–Crippen MR) is 188 cm³/mol. The molecule has 0 aromatic carbocycles. The summed E-state index contributed by atoms with van der Waals surface area (Å²) < 4.78 is 0. The van der Waals surface area contributed by atoms with Crippen LogP contribution in [0.1, 0.15) is 206 Å². The van der Waals surface area contributed by atoms with Crippen molar-refractivity contribution in [2.45, 2.75) is 206 Å². The Morgan fingerprint density at radius 2 is 0.513 bits per heavy atom. The number of unbranched alkanes of at least 4 members (excludes halogenated alkanes) is 28. The maximum absolute atomic E-state index is 2.58. The molecule has 0 rings (SSSR count). The zero-order valence-electron chi connectivity index (χ0n) is 28.0. The molecule has 0 saturated carbocycles. The van der Waals surface area contributed by atoms with Crippen LogP contribution in [-0.4, -0.2) is 13.3 Å². The van der Waals surface area contributed by atoms with Gasteiger partial charge in [0.1, 0.15) is 0 Å². The van der Waals surface area contributed by atoms with Gasteiger partial charge in [-0.2, -0.15) is 0 Å². The minimum Gasteiger partial charge on any atom is -0.0654 e. The summed E-state index contributed by atoms with van der Waals surface area (Å²) in [6.45, 7) is 9.60. The van der Waals surface area contributed by atoms with Gasteiger partial charge in [0.25, 0.3) is 0 Å². The first-order valence-corrected chi connectivity index (χ1v) is 21.6. The molecule has 0 spiro atoms. The molecule has 0 aliphatic rings. The van der Waals surface area contributed by atoms with Crippen LogP contribution in [0.3, 0.4) is 0 Å². The minimum atomic E-state index is -1.28. The fourth-order valence-corrected chi connectivity index (χ4v) is 7.40. The molecule has 0 nitrogen and oxygen atoms in total. The second-order valence-electron chi connectivity index (χ2n) is 13.4. The van der Waals surface area contributed by atoms with Gasteiger partial charge in [-0.1, -0.05) is 78.1 Å². The quantitative estimate of drug-likeness (QED) is 0.0563. The van der Waals surface area contributed by atoms with E-state index >= 15 is 0 Å². The number of hydrogen-bond acceptors (Lipinski definition) is 0. The third-order valence-corrected chi connectivity index (χ3v) is 10.7. The van der Waals surface area contributed by atoms with Crippen molar-refractivity contribution >= 4 is 7.26 Å². The van der Waals surface area contributed by atoms with Gasteiger partial charge in [-0.05, 0) is 0 Å². The molecule has 0 fully saturated rings. The van der Waals surface area contributed by atoms with Crippen molar-refractivity contribution in [1.29, 1.82) is 0 Å². The van der Waals surface area contributed by atoms with E-state index in [0.29, 0.717) is 0 Å². The fourth-order valence-electron chi connectivity index (χ4n) is 5.74. The monoisotopic (exact) mass is 565 g/mol. The Bertz CT molecular complexity index is 459. The van der Waals surface area contributed by atoms with E-state index in [2.05, 4.69) is 51.0 Å². The first kappa shape index (κ1) is 38.9. The first-order valence-electron chi connectivity index (χ1n) is 18.5. The van der Waals surface area contributed by atoms with Crippen LogP contribution in [0, 0.1) is 0 Å². The molecule has 0 bridgehead atoms. The Labute approximate surface area is 250 Å². The fraction of sp³-hybridized carbons (Fsp3) is 0.895. The molecule has 0 atom stereocenters. The van der Waals surface area contributed by atoms with Crippen LogP contribution in [-0.2, 0) is 0 Å². The molecule has 0 heterocycles. The summed E-state index contributed by atoms with van der Waals surface area (Å²) >= 11 is 0. The smallest absolute Gasteiger partial charge is 0.0654 e. The molecule has 1 heteroatoms. The maximum atomic E-state index is 2.58. The third kappa shape index (κ3) is 34.0. The van der Waals surface area contributed by atoms with Crippen molar-refractivity contribution in [3.05, 3.63) is 23.8 Å². The molecule has 0 aliphatic heterocycles. The molecule has 0 radical (unpaired) electrons. The van der Waals surface area contributed by atoms with Crippen LogP contribution in [0.4, 0.5) is 0 Å².